The minimum Gasteiger partial charge on any atom is -0.352 e. The van der Waals surface area contributed by atoms with Crippen molar-refractivity contribution in [2.75, 3.05) is 6.54 Å². The maximum Gasteiger partial charge on any atom is 0.251 e. The quantitative estimate of drug-likeness (QED) is 0.866. The van der Waals surface area contributed by atoms with Crippen LogP contribution in [0.3, 0.4) is 0 Å². The molecule has 0 aromatic heterocycles. The number of sulfonamides is 1. The summed E-state index contributed by atoms with van der Waals surface area (Å²) in [6, 6.07) is 4.60. The van der Waals surface area contributed by atoms with Gasteiger partial charge in [0.2, 0.25) is 10.0 Å². The largest absolute Gasteiger partial charge is 0.352 e. The van der Waals surface area contributed by atoms with E-state index in [0.717, 1.165) is 12.0 Å². The lowest BCUT2D eigenvalue weighted by Gasteiger charge is -2.18. The standard InChI is InChI=1S/C13H18N2O3S/c1-3-9(2)15-19(17,18)11-5-4-10-6-7-14-13(16)12(10)8-11/h4-5,8-9,15H,3,6-7H2,1-2H3,(H,14,16)/t9-/m1/s1. The van der Waals surface area contributed by atoms with E-state index in [1.54, 1.807) is 12.1 Å². The Morgan fingerprint density at radius 2 is 2.16 bits per heavy atom. The topological polar surface area (TPSA) is 75.3 Å². The van der Waals surface area contributed by atoms with Gasteiger partial charge in [-0.25, -0.2) is 13.1 Å². The van der Waals surface area contributed by atoms with Gasteiger partial charge in [-0.3, -0.25) is 4.79 Å². The fourth-order valence-corrected chi connectivity index (χ4v) is 3.33. The van der Waals surface area contributed by atoms with Gasteiger partial charge in [0, 0.05) is 18.2 Å². The van der Waals surface area contributed by atoms with Gasteiger partial charge in [0.05, 0.1) is 4.90 Å². The van der Waals surface area contributed by atoms with Gasteiger partial charge in [-0.1, -0.05) is 13.0 Å². The van der Waals surface area contributed by atoms with Crippen molar-refractivity contribution in [2.45, 2.75) is 37.6 Å². The predicted molar refractivity (Wildman–Crippen MR) is 72.6 cm³/mol. The van der Waals surface area contributed by atoms with Gasteiger partial charge in [0.1, 0.15) is 0 Å². The smallest absolute Gasteiger partial charge is 0.251 e. The summed E-state index contributed by atoms with van der Waals surface area (Å²) >= 11 is 0. The van der Waals surface area contributed by atoms with Crippen molar-refractivity contribution in [2.24, 2.45) is 0 Å². The van der Waals surface area contributed by atoms with Gasteiger partial charge in [0.15, 0.2) is 0 Å². The Morgan fingerprint density at radius 3 is 2.84 bits per heavy atom. The third-order valence-corrected chi connectivity index (χ3v) is 4.87. The van der Waals surface area contributed by atoms with Gasteiger partial charge in [-0.15, -0.1) is 0 Å². The number of hydrogen-bond donors (Lipinski definition) is 2. The zero-order chi connectivity index (χ0) is 14.0. The van der Waals surface area contributed by atoms with Crippen molar-refractivity contribution in [1.82, 2.24) is 10.0 Å². The molecule has 2 rings (SSSR count). The van der Waals surface area contributed by atoms with Crippen LogP contribution in [0.25, 0.3) is 0 Å². The molecule has 1 heterocycles. The summed E-state index contributed by atoms with van der Waals surface area (Å²) in [4.78, 5) is 11.9. The summed E-state index contributed by atoms with van der Waals surface area (Å²) in [6.45, 7) is 4.32. The number of amides is 1. The number of fused-ring (bicyclic) bond motifs is 1. The van der Waals surface area contributed by atoms with E-state index >= 15 is 0 Å². The molecule has 2 N–H and O–H groups in total. The average molecular weight is 282 g/mol. The number of hydrogen-bond acceptors (Lipinski definition) is 3. The van der Waals surface area contributed by atoms with Crippen LogP contribution < -0.4 is 10.0 Å². The van der Waals surface area contributed by atoms with Gasteiger partial charge < -0.3 is 5.32 Å². The number of rotatable bonds is 4. The van der Waals surface area contributed by atoms with Gasteiger partial charge in [0.25, 0.3) is 5.91 Å². The van der Waals surface area contributed by atoms with Crippen LogP contribution in [0, 0.1) is 0 Å². The first-order chi connectivity index (χ1) is 8.94. The molecule has 0 spiro atoms. The van der Waals surface area contributed by atoms with Crippen LogP contribution in [0.5, 0.6) is 0 Å². The van der Waals surface area contributed by atoms with E-state index in [-0.39, 0.29) is 16.8 Å². The molecule has 1 aliphatic rings. The molecule has 1 aromatic carbocycles. The van der Waals surface area contributed by atoms with Crippen LogP contribution in [-0.2, 0) is 16.4 Å². The van der Waals surface area contributed by atoms with Crippen LogP contribution in [0.4, 0.5) is 0 Å². The van der Waals surface area contributed by atoms with Crippen molar-refractivity contribution in [3.05, 3.63) is 29.3 Å². The molecule has 1 aliphatic heterocycles. The monoisotopic (exact) mass is 282 g/mol. The second-order valence-corrected chi connectivity index (χ2v) is 6.47. The maximum atomic E-state index is 12.2. The molecule has 0 unspecified atom stereocenters. The SMILES string of the molecule is CC[C@@H](C)NS(=O)(=O)c1ccc2c(c1)C(=O)NCC2. The number of carbonyl (C=O) groups excluding carboxylic acids is 1. The lowest BCUT2D eigenvalue weighted by atomic mass is 10.0. The van der Waals surface area contributed by atoms with Crippen LogP contribution in [0.2, 0.25) is 0 Å². The van der Waals surface area contributed by atoms with E-state index in [4.69, 9.17) is 0 Å². The second-order valence-electron chi connectivity index (χ2n) is 4.76. The average Bonchev–Trinajstić information content (AvgIpc) is 2.38. The summed E-state index contributed by atoms with van der Waals surface area (Å²) in [5.41, 5.74) is 1.35. The van der Waals surface area contributed by atoms with E-state index in [0.29, 0.717) is 18.5 Å². The molecule has 6 heteroatoms. The zero-order valence-electron chi connectivity index (χ0n) is 11.1. The molecule has 5 nitrogen and oxygen atoms in total. The first-order valence-corrected chi connectivity index (χ1v) is 7.86. The van der Waals surface area contributed by atoms with Gasteiger partial charge in [-0.05, 0) is 37.5 Å². The predicted octanol–water partition coefficient (Wildman–Crippen LogP) is 1.05. The Balaban J connectivity index is 2.36. The molecule has 1 aromatic rings. The Bertz CT molecular complexity index is 596. The van der Waals surface area contributed by atoms with Crippen LogP contribution in [0.15, 0.2) is 23.1 Å². The first kappa shape index (κ1) is 14.0. The highest BCUT2D eigenvalue weighted by atomic mass is 32.2. The third-order valence-electron chi connectivity index (χ3n) is 3.28. The highest BCUT2D eigenvalue weighted by Crippen LogP contribution is 2.19. The molecule has 104 valence electrons. The normalized spacial score (nSPS) is 16.6. The van der Waals surface area contributed by atoms with Crippen molar-refractivity contribution < 1.29 is 13.2 Å². The van der Waals surface area contributed by atoms with Crippen LogP contribution >= 0.6 is 0 Å². The Labute approximate surface area is 113 Å². The number of carbonyl (C=O) groups is 1. The summed E-state index contributed by atoms with van der Waals surface area (Å²) < 4.78 is 26.9. The molecule has 0 aliphatic carbocycles. The second kappa shape index (κ2) is 5.30. The van der Waals surface area contributed by atoms with Crippen molar-refractivity contribution in [3.63, 3.8) is 0 Å². The van der Waals surface area contributed by atoms with E-state index in [2.05, 4.69) is 10.0 Å². The Hall–Kier alpha value is -1.40. The molecule has 0 bridgehead atoms. The first-order valence-electron chi connectivity index (χ1n) is 6.37. The zero-order valence-corrected chi connectivity index (χ0v) is 11.9. The molecule has 0 radical (unpaired) electrons. The van der Waals surface area contributed by atoms with Gasteiger partial charge >= 0.3 is 0 Å². The molecule has 1 amide bonds. The van der Waals surface area contributed by atoms with E-state index in [9.17, 15) is 13.2 Å². The summed E-state index contributed by atoms with van der Waals surface area (Å²) in [5, 5.41) is 2.71. The van der Waals surface area contributed by atoms with E-state index in [1.807, 2.05) is 13.8 Å². The fraction of sp³-hybridized carbons (Fsp3) is 0.462. The van der Waals surface area contributed by atoms with Crippen molar-refractivity contribution in [1.29, 1.82) is 0 Å². The molecule has 0 saturated heterocycles. The molecular weight excluding hydrogens is 264 g/mol. The summed E-state index contributed by atoms with van der Waals surface area (Å²) in [6.07, 6.45) is 1.45. The Morgan fingerprint density at radius 1 is 1.42 bits per heavy atom. The van der Waals surface area contributed by atoms with E-state index in [1.165, 1.54) is 6.07 Å². The molecular formula is C13H18N2O3S. The lowest BCUT2D eigenvalue weighted by Crippen LogP contribution is -2.34. The fourth-order valence-electron chi connectivity index (χ4n) is 1.97. The highest BCUT2D eigenvalue weighted by molar-refractivity contribution is 7.89. The van der Waals surface area contributed by atoms with Crippen LogP contribution in [0.1, 0.15) is 36.2 Å². The summed E-state index contributed by atoms with van der Waals surface area (Å²) in [5.74, 6) is -0.207. The van der Waals surface area contributed by atoms with Gasteiger partial charge in [-0.2, -0.15) is 0 Å². The van der Waals surface area contributed by atoms with Crippen LogP contribution in [-0.4, -0.2) is 26.9 Å². The minimum atomic E-state index is -3.56. The maximum absolute atomic E-state index is 12.2. The molecule has 1 atom stereocenters. The molecule has 0 saturated carbocycles. The highest BCUT2D eigenvalue weighted by Gasteiger charge is 2.22. The van der Waals surface area contributed by atoms with Crippen molar-refractivity contribution in [3.8, 4) is 0 Å². The Kier molecular flexibility index (Phi) is 3.91. The lowest BCUT2D eigenvalue weighted by molar-refractivity contribution is 0.0946. The molecule has 0 fully saturated rings. The van der Waals surface area contributed by atoms with E-state index < -0.39 is 10.0 Å². The minimum absolute atomic E-state index is 0.130. The summed E-state index contributed by atoms with van der Waals surface area (Å²) in [7, 11) is -3.56. The third kappa shape index (κ3) is 2.96. The number of nitrogens with one attached hydrogen (secondary N) is 2. The number of benzene rings is 1. The van der Waals surface area contributed by atoms with Crippen molar-refractivity contribution >= 4 is 15.9 Å². The molecule has 19 heavy (non-hydrogen) atoms.